The van der Waals surface area contributed by atoms with Gasteiger partial charge in [-0.05, 0) is 23.3 Å². The molecule has 4 rings (SSSR count). The summed E-state index contributed by atoms with van der Waals surface area (Å²) >= 11 is 0. The third kappa shape index (κ3) is 3.68. The van der Waals surface area contributed by atoms with E-state index in [0.29, 0.717) is 5.56 Å². The van der Waals surface area contributed by atoms with Crippen LogP contribution < -0.4 is 0 Å². The Morgan fingerprint density at radius 1 is 1.07 bits per heavy atom. The second-order valence-electron chi connectivity index (χ2n) is 7.32. The van der Waals surface area contributed by atoms with Crippen LogP contribution >= 0.6 is 0 Å². The summed E-state index contributed by atoms with van der Waals surface area (Å²) < 4.78 is 0. The predicted octanol–water partition coefficient (Wildman–Crippen LogP) is 2.91. The van der Waals surface area contributed by atoms with Crippen LogP contribution in [-0.4, -0.2) is 50.1 Å². The highest BCUT2D eigenvalue weighted by Gasteiger charge is 2.20. The zero-order chi connectivity index (χ0) is 21.3. The molecule has 4 aromatic rings. The number of nitrogens with zero attached hydrogens (tertiary/aromatic N) is 3. The molecule has 0 saturated carbocycles. The average Bonchev–Trinajstić information content (AvgIpc) is 3.21. The lowest BCUT2D eigenvalue weighted by atomic mass is 10.0. The number of hydrogen-bond acceptors (Lipinski definition) is 5. The topological polar surface area (TPSA) is 102 Å². The average molecular weight is 402 g/mol. The first-order valence-corrected chi connectivity index (χ1v) is 9.50. The van der Waals surface area contributed by atoms with E-state index in [4.69, 9.17) is 0 Å². The fourth-order valence-electron chi connectivity index (χ4n) is 3.34. The summed E-state index contributed by atoms with van der Waals surface area (Å²) in [6.45, 7) is 0.00534. The molecule has 3 heterocycles. The van der Waals surface area contributed by atoms with Gasteiger partial charge in [-0.25, -0.2) is 4.98 Å². The molecule has 0 radical (unpaired) electrons. The molecule has 1 amide bonds. The standard InChI is InChI=1S/C23H22N4O3/c1-27(2)23(30)21(29)18-7-16(9-24-10-18)17-8-19-20(12-26-22(19)25-11-17)15-5-3-14(13-28)4-6-15/h3-12,21,28-29H,13H2,1-2H3,(H,25,26). The first-order valence-electron chi connectivity index (χ1n) is 9.50. The van der Waals surface area contributed by atoms with E-state index < -0.39 is 12.0 Å². The van der Waals surface area contributed by atoms with E-state index in [1.807, 2.05) is 36.5 Å². The maximum absolute atomic E-state index is 12.1. The third-order valence-corrected chi connectivity index (χ3v) is 5.06. The second kappa shape index (κ2) is 8.06. The van der Waals surface area contributed by atoms with Crippen molar-refractivity contribution in [3.05, 3.63) is 72.3 Å². The summed E-state index contributed by atoms with van der Waals surface area (Å²) in [5.41, 5.74) is 5.63. The minimum Gasteiger partial charge on any atom is -0.392 e. The summed E-state index contributed by atoms with van der Waals surface area (Å²) in [4.78, 5) is 25.3. The number of aliphatic hydroxyl groups excluding tert-OH is 2. The van der Waals surface area contributed by atoms with Crippen molar-refractivity contribution in [3.63, 3.8) is 0 Å². The van der Waals surface area contributed by atoms with Crippen LogP contribution in [0.3, 0.4) is 0 Å². The number of carbonyl (C=O) groups is 1. The van der Waals surface area contributed by atoms with Crippen LogP contribution in [0.25, 0.3) is 33.3 Å². The molecule has 3 N–H and O–H groups in total. The normalized spacial score (nSPS) is 12.1. The van der Waals surface area contributed by atoms with Crippen molar-refractivity contribution in [2.45, 2.75) is 12.7 Å². The van der Waals surface area contributed by atoms with Gasteiger partial charge in [-0.2, -0.15) is 0 Å². The Labute approximate surface area is 173 Å². The molecule has 0 aliphatic carbocycles. The Morgan fingerprint density at radius 3 is 2.50 bits per heavy atom. The minimum atomic E-state index is -1.27. The molecular weight excluding hydrogens is 380 g/mol. The number of likely N-dealkylation sites (N-methyl/N-ethyl adjacent to an activating group) is 1. The number of rotatable bonds is 5. The molecule has 3 aromatic heterocycles. The number of aliphatic hydroxyl groups is 2. The highest BCUT2D eigenvalue weighted by Crippen LogP contribution is 2.31. The number of aromatic amines is 1. The lowest BCUT2D eigenvalue weighted by Crippen LogP contribution is -2.28. The van der Waals surface area contributed by atoms with Crippen molar-refractivity contribution in [2.24, 2.45) is 0 Å². The Morgan fingerprint density at radius 2 is 1.80 bits per heavy atom. The number of benzene rings is 1. The highest BCUT2D eigenvalue weighted by molar-refractivity contribution is 5.95. The molecule has 0 aliphatic rings. The summed E-state index contributed by atoms with van der Waals surface area (Å²) in [6.07, 6.45) is 5.55. The fourth-order valence-corrected chi connectivity index (χ4v) is 3.34. The molecule has 0 spiro atoms. The molecule has 0 aliphatic heterocycles. The SMILES string of the molecule is CN(C)C(=O)C(O)c1cncc(-c2cnc3[nH]cc(-c4ccc(CO)cc4)c3c2)c1. The van der Waals surface area contributed by atoms with Gasteiger partial charge in [0, 0.05) is 66.5 Å². The van der Waals surface area contributed by atoms with Crippen LogP contribution in [0, 0.1) is 0 Å². The van der Waals surface area contributed by atoms with Gasteiger partial charge in [-0.1, -0.05) is 24.3 Å². The molecule has 1 aromatic carbocycles. The van der Waals surface area contributed by atoms with Crippen molar-refractivity contribution in [3.8, 4) is 22.3 Å². The fraction of sp³-hybridized carbons (Fsp3) is 0.174. The number of aromatic nitrogens is 3. The molecule has 1 atom stereocenters. The van der Waals surface area contributed by atoms with E-state index >= 15 is 0 Å². The van der Waals surface area contributed by atoms with E-state index in [9.17, 15) is 15.0 Å². The number of nitrogens with one attached hydrogen (secondary N) is 1. The first kappa shape index (κ1) is 19.8. The Bertz CT molecular complexity index is 1200. The number of carbonyl (C=O) groups excluding carboxylic acids is 1. The summed E-state index contributed by atoms with van der Waals surface area (Å²) in [5, 5.41) is 20.5. The number of hydrogen-bond donors (Lipinski definition) is 3. The molecular formula is C23H22N4O3. The monoisotopic (exact) mass is 402 g/mol. The summed E-state index contributed by atoms with van der Waals surface area (Å²) in [5.74, 6) is -0.401. The Kier molecular flexibility index (Phi) is 5.31. The molecule has 7 nitrogen and oxygen atoms in total. The van der Waals surface area contributed by atoms with Gasteiger partial charge in [0.15, 0.2) is 6.10 Å². The maximum atomic E-state index is 12.1. The lowest BCUT2D eigenvalue weighted by Gasteiger charge is -2.16. The lowest BCUT2D eigenvalue weighted by molar-refractivity contribution is -0.137. The van der Waals surface area contributed by atoms with Crippen LogP contribution in [-0.2, 0) is 11.4 Å². The van der Waals surface area contributed by atoms with Gasteiger partial charge in [0.1, 0.15) is 5.65 Å². The van der Waals surface area contributed by atoms with E-state index in [2.05, 4.69) is 15.0 Å². The third-order valence-electron chi connectivity index (χ3n) is 5.06. The largest absolute Gasteiger partial charge is 0.392 e. The molecule has 0 bridgehead atoms. The number of amides is 1. The Balaban J connectivity index is 1.73. The van der Waals surface area contributed by atoms with Gasteiger partial charge in [-0.15, -0.1) is 0 Å². The molecule has 152 valence electrons. The number of fused-ring (bicyclic) bond motifs is 1. The van der Waals surface area contributed by atoms with Gasteiger partial charge in [0.25, 0.3) is 5.91 Å². The smallest absolute Gasteiger partial charge is 0.255 e. The van der Waals surface area contributed by atoms with Crippen LogP contribution in [0.4, 0.5) is 0 Å². The van der Waals surface area contributed by atoms with Crippen LogP contribution in [0.15, 0.2) is 61.2 Å². The van der Waals surface area contributed by atoms with Crippen LogP contribution in [0.1, 0.15) is 17.2 Å². The summed E-state index contributed by atoms with van der Waals surface area (Å²) in [7, 11) is 3.20. The van der Waals surface area contributed by atoms with Crippen molar-refractivity contribution >= 4 is 16.9 Å². The van der Waals surface area contributed by atoms with E-state index in [1.54, 1.807) is 32.6 Å². The van der Waals surface area contributed by atoms with Crippen molar-refractivity contribution in [1.82, 2.24) is 19.9 Å². The first-order chi connectivity index (χ1) is 14.5. The van der Waals surface area contributed by atoms with Crippen LogP contribution in [0.5, 0.6) is 0 Å². The van der Waals surface area contributed by atoms with Crippen molar-refractivity contribution in [2.75, 3.05) is 14.1 Å². The zero-order valence-electron chi connectivity index (χ0n) is 16.7. The van der Waals surface area contributed by atoms with Gasteiger partial charge < -0.3 is 20.1 Å². The number of pyridine rings is 2. The predicted molar refractivity (Wildman–Crippen MR) is 114 cm³/mol. The van der Waals surface area contributed by atoms with Gasteiger partial charge in [0.2, 0.25) is 0 Å². The molecule has 0 fully saturated rings. The molecule has 0 saturated heterocycles. The van der Waals surface area contributed by atoms with Crippen LogP contribution in [0.2, 0.25) is 0 Å². The quantitative estimate of drug-likeness (QED) is 0.476. The maximum Gasteiger partial charge on any atom is 0.255 e. The molecule has 1 unspecified atom stereocenters. The van der Waals surface area contributed by atoms with E-state index in [1.165, 1.54) is 11.1 Å². The molecule has 30 heavy (non-hydrogen) atoms. The summed E-state index contributed by atoms with van der Waals surface area (Å²) in [6, 6.07) is 11.5. The van der Waals surface area contributed by atoms with E-state index in [-0.39, 0.29) is 6.61 Å². The zero-order valence-corrected chi connectivity index (χ0v) is 16.7. The van der Waals surface area contributed by atoms with Crippen molar-refractivity contribution < 1.29 is 15.0 Å². The van der Waals surface area contributed by atoms with Gasteiger partial charge >= 0.3 is 0 Å². The Hall–Kier alpha value is -3.55. The van der Waals surface area contributed by atoms with Gasteiger partial charge in [0.05, 0.1) is 6.61 Å². The highest BCUT2D eigenvalue weighted by atomic mass is 16.3. The minimum absolute atomic E-state index is 0.00534. The second-order valence-corrected chi connectivity index (χ2v) is 7.32. The number of H-pyrrole nitrogens is 1. The van der Waals surface area contributed by atoms with Gasteiger partial charge in [-0.3, -0.25) is 9.78 Å². The van der Waals surface area contributed by atoms with Crippen molar-refractivity contribution in [1.29, 1.82) is 0 Å². The molecule has 7 heteroatoms. The van der Waals surface area contributed by atoms with E-state index in [0.717, 1.165) is 38.9 Å².